The molecule has 0 aliphatic carbocycles. The Hall–Kier alpha value is -1.89. The molecule has 1 atom stereocenters. The first-order valence-electron chi connectivity index (χ1n) is 5.23. The summed E-state index contributed by atoms with van der Waals surface area (Å²) in [6.45, 7) is 0.237. The van der Waals surface area contributed by atoms with Crippen LogP contribution in [-0.2, 0) is 20.7 Å². The van der Waals surface area contributed by atoms with Crippen LogP contribution in [0, 0.1) is 0 Å². The number of esters is 1. The number of nitrogens with zero attached hydrogens (tertiary/aromatic N) is 1. The number of rotatable bonds is 6. The molecule has 0 fully saturated rings. The Bertz CT molecular complexity index is 364. The number of aromatic nitrogens is 2. The van der Waals surface area contributed by atoms with Gasteiger partial charge in [0, 0.05) is 31.8 Å². The summed E-state index contributed by atoms with van der Waals surface area (Å²) in [4.78, 5) is 29.7. The molecule has 0 radical (unpaired) electrons. The molecule has 1 aromatic heterocycles. The molecule has 0 spiro atoms. The van der Waals surface area contributed by atoms with Crippen LogP contribution >= 0.6 is 0 Å². The molecule has 4 N–H and O–H groups in total. The van der Waals surface area contributed by atoms with Crippen molar-refractivity contribution in [3.05, 3.63) is 18.2 Å². The molecular formula is C10H16N4O3. The van der Waals surface area contributed by atoms with Crippen molar-refractivity contribution in [2.75, 3.05) is 13.7 Å². The fourth-order valence-electron chi connectivity index (χ4n) is 1.34. The summed E-state index contributed by atoms with van der Waals surface area (Å²) in [7, 11) is 1.27. The fourth-order valence-corrected chi connectivity index (χ4v) is 1.34. The highest BCUT2D eigenvalue weighted by Crippen LogP contribution is 1.99. The maximum Gasteiger partial charge on any atom is 0.328 e. The molecule has 0 saturated carbocycles. The number of hydrogen-bond donors (Lipinski definition) is 3. The van der Waals surface area contributed by atoms with E-state index in [2.05, 4.69) is 20.0 Å². The molecule has 17 heavy (non-hydrogen) atoms. The lowest BCUT2D eigenvalue weighted by Crippen LogP contribution is -2.43. The third-order valence-corrected chi connectivity index (χ3v) is 2.14. The van der Waals surface area contributed by atoms with Crippen LogP contribution in [0.2, 0.25) is 0 Å². The van der Waals surface area contributed by atoms with E-state index in [1.807, 2.05) is 0 Å². The minimum atomic E-state index is -0.745. The van der Waals surface area contributed by atoms with Gasteiger partial charge >= 0.3 is 5.97 Å². The minimum absolute atomic E-state index is 0.172. The molecule has 1 aromatic rings. The van der Waals surface area contributed by atoms with Crippen LogP contribution in [0.3, 0.4) is 0 Å². The first-order chi connectivity index (χ1) is 8.17. The lowest BCUT2D eigenvalue weighted by atomic mass is 10.2. The number of nitrogens with one attached hydrogen (secondary N) is 2. The van der Waals surface area contributed by atoms with E-state index in [1.165, 1.54) is 7.11 Å². The molecule has 1 rings (SSSR count). The van der Waals surface area contributed by atoms with Gasteiger partial charge in [0.1, 0.15) is 11.9 Å². The minimum Gasteiger partial charge on any atom is -0.467 e. The fraction of sp³-hybridized carbons (Fsp3) is 0.500. The lowest BCUT2D eigenvalue weighted by Gasteiger charge is -2.15. The Morgan fingerprint density at radius 3 is 2.94 bits per heavy atom. The molecule has 7 nitrogen and oxygen atoms in total. The number of hydrogen-bond acceptors (Lipinski definition) is 5. The second-order valence-corrected chi connectivity index (χ2v) is 3.42. The summed E-state index contributed by atoms with van der Waals surface area (Å²) in [5.74, 6) is -0.185. The molecule has 0 bridgehead atoms. The number of methoxy groups -OCH3 is 1. The van der Waals surface area contributed by atoms with E-state index < -0.39 is 12.0 Å². The summed E-state index contributed by atoms with van der Waals surface area (Å²) < 4.78 is 4.61. The van der Waals surface area contributed by atoms with Gasteiger partial charge in [-0.25, -0.2) is 9.78 Å². The van der Waals surface area contributed by atoms with Crippen molar-refractivity contribution in [1.29, 1.82) is 0 Å². The van der Waals surface area contributed by atoms with Gasteiger partial charge < -0.3 is 20.8 Å². The SMILES string of the molecule is COC(=O)C(Cc1ncc[nH]1)NC(=O)CCN. The monoisotopic (exact) mass is 240 g/mol. The van der Waals surface area contributed by atoms with E-state index in [0.717, 1.165) is 0 Å². The number of carbonyl (C=O) groups is 2. The molecule has 94 valence electrons. The van der Waals surface area contributed by atoms with Gasteiger partial charge in [0.05, 0.1) is 7.11 Å². The third kappa shape index (κ3) is 4.23. The second kappa shape index (κ2) is 6.64. The number of amides is 1. The molecule has 0 saturated heterocycles. The van der Waals surface area contributed by atoms with E-state index in [0.29, 0.717) is 5.82 Å². The average Bonchev–Trinajstić information content (AvgIpc) is 2.80. The Morgan fingerprint density at radius 1 is 1.65 bits per heavy atom. The number of aromatic amines is 1. The van der Waals surface area contributed by atoms with Gasteiger partial charge in [-0.3, -0.25) is 4.79 Å². The van der Waals surface area contributed by atoms with Crippen molar-refractivity contribution < 1.29 is 14.3 Å². The van der Waals surface area contributed by atoms with Crippen LogP contribution in [0.1, 0.15) is 12.2 Å². The van der Waals surface area contributed by atoms with Gasteiger partial charge in [-0.05, 0) is 0 Å². The van der Waals surface area contributed by atoms with Crippen LogP contribution in [0.25, 0.3) is 0 Å². The maximum atomic E-state index is 11.5. The first-order valence-corrected chi connectivity index (χ1v) is 5.23. The van der Waals surface area contributed by atoms with Gasteiger partial charge in [-0.15, -0.1) is 0 Å². The van der Waals surface area contributed by atoms with E-state index in [1.54, 1.807) is 12.4 Å². The zero-order valence-electron chi connectivity index (χ0n) is 9.60. The second-order valence-electron chi connectivity index (χ2n) is 3.42. The van der Waals surface area contributed by atoms with Crippen LogP contribution < -0.4 is 11.1 Å². The van der Waals surface area contributed by atoms with Crippen LogP contribution in [0.5, 0.6) is 0 Å². The average molecular weight is 240 g/mol. The van der Waals surface area contributed by atoms with Gasteiger partial charge in [-0.2, -0.15) is 0 Å². The molecule has 0 aliphatic heterocycles. The van der Waals surface area contributed by atoms with Gasteiger partial charge in [0.15, 0.2) is 0 Å². The smallest absolute Gasteiger partial charge is 0.328 e. The molecule has 1 amide bonds. The normalized spacial score (nSPS) is 11.9. The van der Waals surface area contributed by atoms with Gasteiger partial charge in [0.25, 0.3) is 0 Å². The highest BCUT2D eigenvalue weighted by Gasteiger charge is 2.22. The predicted molar refractivity (Wildman–Crippen MR) is 59.9 cm³/mol. The molecule has 0 aliphatic rings. The Kier molecular flexibility index (Phi) is 5.15. The van der Waals surface area contributed by atoms with Crippen LogP contribution in [-0.4, -0.2) is 41.5 Å². The summed E-state index contributed by atoms with van der Waals surface area (Å²) in [5, 5.41) is 2.55. The van der Waals surface area contributed by atoms with E-state index in [4.69, 9.17) is 5.73 Å². The van der Waals surface area contributed by atoms with E-state index >= 15 is 0 Å². The number of nitrogens with two attached hydrogens (primary N) is 1. The topological polar surface area (TPSA) is 110 Å². The zero-order chi connectivity index (χ0) is 12.7. The Labute approximate surface area is 98.7 Å². The maximum absolute atomic E-state index is 11.5. The summed E-state index contributed by atoms with van der Waals surface area (Å²) in [5.41, 5.74) is 5.25. The van der Waals surface area contributed by atoms with Crippen LogP contribution in [0.4, 0.5) is 0 Å². The van der Waals surface area contributed by atoms with Crippen LogP contribution in [0.15, 0.2) is 12.4 Å². The number of ether oxygens (including phenoxy) is 1. The molecule has 7 heteroatoms. The largest absolute Gasteiger partial charge is 0.467 e. The molecule has 0 aromatic carbocycles. The quantitative estimate of drug-likeness (QED) is 0.550. The van der Waals surface area contributed by atoms with Crippen molar-refractivity contribution in [2.45, 2.75) is 18.9 Å². The molecule has 1 unspecified atom stereocenters. The Morgan fingerprint density at radius 2 is 2.41 bits per heavy atom. The van der Waals surface area contributed by atoms with Crippen molar-refractivity contribution in [1.82, 2.24) is 15.3 Å². The standard InChI is InChI=1S/C10H16N4O3/c1-17-10(16)7(14-9(15)2-3-11)6-8-12-4-5-13-8/h4-5,7H,2-3,6,11H2,1H3,(H,12,13)(H,14,15). The van der Waals surface area contributed by atoms with Gasteiger partial charge in [0.2, 0.25) is 5.91 Å². The molecular weight excluding hydrogens is 224 g/mol. The number of imidazole rings is 1. The van der Waals surface area contributed by atoms with E-state index in [-0.39, 0.29) is 25.3 Å². The summed E-state index contributed by atoms with van der Waals surface area (Å²) in [6, 6.07) is -0.745. The first kappa shape index (κ1) is 13.2. The van der Waals surface area contributed by atoms with Gasteiger partial charge in [-0.1, -0.05) is 0 Å². The lowest BCUT2D eigenvalue weighted by molar-refractivity contribution is -0.145. The molecule has 1 heterocycles. The summed E-state index contributed by atoms with van der Waals surface area (Å²) >= 11 is 0. The van der Waals surface area contributed by atoms with Crippen molar-refractivity contribution in [3.63, 3.8) is 0 Å². The Balaban J connectivity index is 2.60. The highest BCUT2D eigenvalue weighted by molar-refractivity contribution is 5.84. The number of H-pyrrole nitrogens is 1. The number of carbonyl (C=O) groups excluding carboxylic acids is 2. The zero-order valence-corrected chi connectivity index (χ0v) is 9.60. The van der Waals surface area contributed by atoms with Crippen molar-refractivity contribution >= 4 is 11.9 Å². The third-order valence-electron chi connectivity index (χ3n) is 2.14. The highest BCUT2D eigenvalue weighted by atomic mass is 16.5. The van der Waals surface area contributed by atoms with E-state index in [9.17, 15) is 9.59 Å². The van der Waals surface area contributed by atoms with Crippen molar-refractivity contribution in [3.8, 4) is 0 Å². The van der Waals surface area contributed by atoms with Crippen molar-refractivity contribution in [2.24, 2.45) is 5.73 Å². The summed E-state index contributed by atoms with van der Waals surface area (Å²) in [6.07, 6.45) is 3.65. The predicted octanol–water partition coefficient (Wildman–Crippen LogP) is -1.04.